The van der Waals surface area contributed by atoms with Crippen molar-refractivity contribution in [3.05, 3.63) is 58.7 Å². The minimum Gasteiger partial charge on any atom is -0.326 e. The molecule has 0 aromatic heterocycles. The number of nitrogens with one attached hydrogen (secondary N) is 2. The van der Waals surface area contributed by atoms with Crippen LogP contribution in [0.1, 0.15) is 35.1 Å². The Morgan fingerprint density at radius 2 is 1.52 bits per heavy atom. The lowest BCUT2D eigenvalue weighted by Gasteiger charge is -2.30. The smallest absolute Gasteiger partial charge is 0.238 e. The highest BCUT2D eigenvalue weighted by molar-refractivity contribution is 5.93. The molecule has 2 aromatic rings. The zero-order chi connectivity index (χ0) is 21.0. The summed E-state index contributed by atoms with van der Waals surface area (Å²) in [5.41, 5.74) is 6.36. The molecule has 1 fully saturated rings. The van der Waals surface area contributed by atoms with Gasteiger partial charge in [-0.3, -0.25) is 14.5 Å². The van der Waals surface area contributed by atoms with Gasteiger partial charge >= 0.3 is 0 Å². The van der Waals surface area contributed by atoms with Crippen LogP contribution in [-0.4, -0.2) is 36.3 Å². The van der Waals surface area contributed by atoms with E-state index in [9.17, 15) is 9.59 Å². The van der Waals surface area contributed by atoms with Gasteiger partial charge in [0, 0.05) is 17.3 Å². The molecule has 0 atom stereocenters. The third kappa shape index (κ3) is 5.91. The molecule has 0 unspecified atom stereocenters. The van der Waals surface area contributed by atoms with Crippen molar-refractivity contribution in [2.45, 2.75) is 40.5 Å². The van der Waals surface area contributed by atoms with Gasteiger partial charge in [-0.25, -0.2) is 0 Å². The maximum absolute atomic E-state index is 12.6. The van der Waals surface area contributed by atoms with Gasteiger partial charge in [0.15, 0.2) is 0 Å². The molecular weight excluding hydrogens is 362 g/mol. The number of carbonyl (C=O) groups is 2. The minimum absolute atomic E-state index is 0.00474. The first-order valence-electron chi connectivity index (χ1n) is 10.3. The largest absolute Gasteiger partial charge is 0.326 e. The van der Waals surface area contributed by atoms with Crippen LogP contribution in [0.2, 0.25) is 0 Å². The van der Waals surface area contributed by atoms with Crippen LogP contribution in [0.4, 0.5) is 11.4 Å². The summed E-state index contributed by atoms with van der Waals surface area (Å²) in [4.78, 5) is 27.1. The van der Waals surface area contributed by atoms with Crippen molar-refractivity contribution in [3.63, 3.8) is 0 Å². The fourth-order valence-electron chi connectivity index (χ4n) is 3.87. The minimum atomic E-state index is -0.00797. The van der Waals surface area contributed by atoms with Gasteiger partial charge in [-0.05, 0) is 100 Å². The molecule has 1 aliphatic rings. The summed E-state index contributed by atoms with van der Waals surface area (Å²) in [6.07, 6.45) is 1.54. The Balaban J connectivity index is 1.46. The molecule has 1 aliphatic heterocycles. The summed E-state index contributed by atoms with van der Waals surface area (Å²) >= 11 is 0. The monoisotopic (exact) mass is 393 g/mol. The highest BCUT2D eigenvalue weighted by Crippen LogP contribution is 2.21. The average Bonchev–Trinajstić information content (AvgIpc) is 2.64. The van der Waals surface area contributed by atoms with Gasteiger partial charge in [0.2, 0.25) is 11.8 Å². The molecule has 0 spiro atoms. The third-order valence-corrected chi connectivity index (χ3v) is 5.61. The summed E-state index contributed by atoms with van der Waals surface area (Å²) in [5, 5.41) is 6.03. The Hall–Kier alpha value is -2.66. The van der Waals surface area contributed by atoms with E-state index in [4.69, 9.17) is 0 Å². The summed E-state index contributed by atoms with van der Waals surface area (Å²) in [6.45, 7) is 10.0. The molecule has 2 amide bonds. The Labute approximate surface area is 173 Å². The molecule has 0 aliphatic carbocycles. The number of hydrogen-bond donors (Lipinski definition) is 2. The van der Waals surface area contributed by atoms with Gasteiger partial charge in [0.05, 0.1) is 6.54 Å². The molecule has 2 N–H and O–H groups in total. The lowest BCUT2D eigenvalue weighted by molar-refractivity contribution is -0.121. The topological polar surface area (TPSA) is 61.4 Å². The number of hydrogen-bond acceptors (Lipinski definition) is 3. The van der Waals surface area contributed by atoms with E-state index in [1.54, 1.807) is 0 Å². The van der Waals surface area contributed by atoms with Crippen molar-refractivity contribution in [1.29, 1.82) is 0 Å². The number of rotatable bonds is 5. The van der Waals surface area contributed by atoms with E-state index in [1.807, 2.05) is 51.1 Å². The van der Waals surface area contributed by atoms with Crippen molar-refractivity contribution in [3.8, 4) is 0 Å². The Morgan fingerprint density at radius 1 is 0.862 bits per heavy atom. The molecular formula is C24H31N3O2. The van der Waals surface area contributed by atoms with Gasteiger partial charge in [-0.15, -0.1) is 0 Å². The van der Waals surface area contributed by atoms with Gasteiger partial charge in [0.1, 0.15) is 0 Å². The van der Waals surface area contributed by atoms with E-state index in [1.165, 1.54) is 11.1 Å². The number of benzene rings is 2. The number of aryl methyl sites for hydroxylation is 4. The molecule has 0 bridgehead atoms. The van der Waals surface area contributed by atoms with Crippen LogP contribution in [0.5, 0.6) is 0 Å². The first-order chi connectivity index (χ1) is 13.8. The Bertz CT molecular complexity index is 879. The van der Waals surface area contributed by atoms with E-state index in [0.29, 0.717) is 6.54 Å². The highest BCUT2D eigenvalue weighted by Gasteiger charge is 2.26. The molecule has 1 saturated heterocycles. The number of nitrogens with zero attached hydrogens (tertiary/aromatic N) is 1. The van der Waals surface area contributed by atoms with Crippen LogP contribution in [0.25, 0.3) is 0 Å². The lowest BCUT2D eigenvalue weighted by Crippen LogP contribution is -2.41. The van der Waals surface area contributed by atoms with Crippen LogP contribution in [-0.2, 0) is 9.59 Å². The fourth-order valence-corrected chi connectivity index (χ4v) is 3.87. The zero-order valence-electron chi connectivity index (χ0n) is 17.8. The molecule has 1 heterocycles. The van der Waals surface area contributed by atoms with Crippen molar-refractivity contribution in [2.24, 2.45) is 5.92 Å². The molecule has 2 aromatic carbocycles. The van der Waals surface area contributed by atoms with Gasteiger partial charge in [-0.1, -0.05) is 12.1 Å². The maximum Gasteiger partial charge on any atom is 0.238 e. The second kappa shape index (κ2) is 9.23. The molecule has 0 saturated carbocycles. The highest BCUT2D eigenvalue weighted by atomic mass is 16.2. The van der Waals surface area contributed by atoms with E-state index in [0.717, 1.165) is 48.4 Å². The molecule has 154 valence electrons. The second-order valence-electron chi connectivity index (χ2n) is 8.26. The zero-order valence-corrected chi connectivity index (χ0v) is 17.8. The average molecular weight is 394 g/mol. The summed E-state index contributed by atoms with van der Waals surface area (Å²) in [5.74, 6) is 0.0653. The normalized spacial score (nSPS) is 15.2. The molecule has 5 heteroatoms. The van der Waals surface area contributed by atoms with Gasteiger partial charge in [-0.2, -0.15) is 0 Å². The number of carbonyl (C=O) groups excluding carboxylic acids is 2. The van der Waals surface area contributed by atoms with Gasteiger partial charge in [0.25, 0.3) is 0 Å². The summed E-state index contributed by atoms with van der Waals surface area (Å²) in [6, 6.07) is 12.0. The van der Waals surface area contributed by atoms with E-state index < -0.39 is 0 Å². The maximum atomic E-state index is 12.6. The second-order valence-corrected chi connectivity index (χ2v) is 8.26. The first kappa shape index (κ1) is 21.1. The fraction of sp³-hybridized carbons (Fsp3) is 0.417. The van der Waals surface area contributed by atoms with Crippen LogP contribution in [0, 0.1) is 33.6 Å². The number of amides is 2. The SMILES string of the molecule is Cc1cc(C)cc(NC(=O)C2CCN(CC(=O)Nc3ccc(C)c(C)c3)CC2)c1. The first-order valence-corrected chi connectivity index (χ1v) is 10.3. The molecule has 0 radical (unpaired) electrons. The quantitative estimate of drug-likeness (QED) is 0.800. The van der Waals surface area contributed by atoms with Crippen LogP contribution in [0.15, 0.2) is 36.4 Å². The molecule has 29 heavy (non-hydrogen) atoms. The van der Waals surface area contributed by atoms with Crippen molar-refractivity contribution >= 4 is 23.2 Å². The van der Waals surface area contributed by atoms with E-state index in [-0.39, 0.29) is 17.7 Å². The third-order valence-electron chi connectivity index (χ3n) is 5.61. The summed E-state index contributed by atoms with van der Waals surface area (Å²) < 4.78 is 0. The Morgan fingerprint density at radius 3 is 2.14 bits per heavy atom. The van der Waals surface area contributed by atoms with Crippen LogP contribution < -0.4 is 10.6 Å². The number of likely N-dealkylation sites (tertiary alicyclic amines) is 1. The predicted molar refractivity (Wildman–Crippen MR) is 118 cm³/mol. The van der Waals surface area contributed by atoms with Crippen molar-refractivity contribution in [1.82, 2.24) is 4.90 Å². The Kier molecular flexibility index (Phi) is 6.70. The van der Waals surface area contributed by atoms with Crippen LogP contribution in [0.3, 0.4) is 0 Å². The molecule has 3 rings (SSSR count). The van der Waals surface area contributed by atoms with Crippen molar-refractivity contribution in [2.75, 3.05) is 30.3 Å². The standard InChI is InChI=1S/C24H31N3O2/c1-16-11-17(2)13-22(12-16)26-24(29)20-7-9-27(10-8-20)15-23(28)25-21-6-5-18(3)19(4)14-21/h5-6,11-14,20H,7-10,15H2,1-4H3,(H,25,28)(H,26,29). The summed E-state index contributed by atoms with van der Waals surface area (Å²) in [7, 11) is 0. The lowest BCUT2D eigenvalue weighted by atomic mass is 9.95. The van der Waals surface area contributed by atoms with E-state index >= 15 is 0 Å². The van der Waals surface area contributed by atoms with E-state index in [2.05, 4.69) is 28.5 Å². The van der Waals surface area contributed by atoms with Crippen LogP contribution >= 0.6 is 0 Å². The number of piperidine rings is 1. The molecule has 5 nitrogen and oxygen atoms in total. The number of anilines is 2. The van der Waals surface area contributed by atoms with Crippen molar-refractivity contribution < 1.29 is 9.59 Å². The van der Waals surface area contributed by atoms with Gasteiger partial charge < -0.3 is 10.6 Å². The predicted octanol–water partition coefficient (Wildman–Crippen LogP) is 4.21.